The van der Waals surface area contributed by atoms with Crippen LogP contribution in [0.5, 0.6) is 0 Å². The molecule has 1 amide bonds. The third-order valence-corrected chi connectivity index (χ3v) is 5.91. The Labute approximate surface area is 172 Å². The molecular formula is C21H23FN4O2S. The molecule has 1 saturated heterocycles. The zero-order valence-corrected chi connectivity index (χ0v) is 16.9. The number of aromatic nitrogens is 2. The molecule has 6 nitrogen and oxygen atoms in total. The van der Waals surface area contributed by atoms with E-state index in [0.29, 0.717) is 24.8 Å². The molecule has 0 aliphatic carbocycles. The lowest BCUT2D eigenvalue weighted by Gasteiger charge is -2.34. The van der Waals surface area contributed by atoms with Crippen molar-refractivity contribution < 1.29 is 13.7 Å². The van der Waals surface area contributed by atoms with Crippen molar-refractivity contribution in [2.45, 2.75) is 19.3 Å². The second-order valence-corrected chi connectivity index (χ2v) is 8.07. The van der Waals surface area contributed by atoms with Crippen LogP contribution in [0.2, 0.25) is 0 Å². The van der Waals surface area contributed by atoms with Gasteiger partial charge in [0.05, 0.1) is 11.3 Å². The highest BCUT2D eigenvalue weighted by Crippen LogP contribution is 2.21. The molecule has 3 aromatic rings. The van der Waals surface area contributed by atoms with Gasteiger partial charge in [-0.15, -0.1) is 11.3 Å². The van der Waals surface area contributed by atoms with Gasteiger partial charge in [-0.25, -0.2) is 4.39 Å². The first-order chi connectivity index (χ1) is 14.2. The average molecular weight is 415 g/mol. The Bertz CT molecular complexity index is 936. The van der Waals surface area contributed by atoms with Crippen LogP contribution in [-0.2, 0) is 17.6 Å². The van der Waals surface area contributed by atoms with E-state index in [1.54, 1.807) is 23.5 Å². The van der Waals surface area contributed by atoms with Crippen LogP contribution in [0.4, 0.5) is 4.39 Å². The molecule has 4 rings (SSSR count). The highest BCUT2D eigenvalue weighted by molar-refractivity contribution is 7.13. The predicted octanol–water partition coefficient (Wildman–Crippen LogP) is 3.26. The van der Waals surface area contributed by atoms with Crippen LogP contribution < -0.4 is 0 Å². The molecule has 0 N–H and O–H groups in total. The molecule has 8 heteroatoms. The number of halogens is 1. The topological polar surface area (TPSA) is 62.5 Å². The van der Waals surface area contributed by atoms with Gasteiger partial charge in [0, 0.05) is 32.6 Å². The molecule has 0 unspecified atom stereocenters. The Morgan fingerprint density at radius 1 is 1.17 bits per heavy atom. The van der Waals surface area contributed by atoms with Gasteiger partial charge in [0.2, 0.25) is 17.6 Å². The molecule has 0 atom stereocenters. The van der Waals surface area contributed by atoms with Crippen LogP contribution >= 0.6 is 11.3 Å². The molecule has 0 radical (unpaired) electrons. The molecular weight excluding hydrogens is 391 g/mol. The monoisotopic (exact) mass is 414 g/mol. The number of rotatable bonds is 7. The van der Waals surface area contributed by atoms with E-state index >= 15 is 0 Å². The number of nitrogens with zero attached hydrogens (tertiary/aromatic N) is 4. The van der Waals surface area contributed by atoms with Gasteiger partial charge in [0.25, 0.3) is 0 Å². The second kappa shape index (κ2) is 9.28. The van der Waals surface area contributed by atoms with Crippen LogP contribution in [0.25, 0.3) is 10.7 Å². The number of aryl methyl sites for hydroxylation is 1. The number of benzene rings is 1. The van der Waals surface area contributed by atoms with Crippen molar-refractivity contribution >= 4 is 17.2 Å². The highest BCUT2D eigenvalue weighted by atomic mass is 32.1. The summed E-state index contributed by atoms with van der Waals surface area (Å²) in [5.41, 5.74) is 0.721. The van der Waals surface area contributed by atoms with Gasteiger partial charge in [0.15, 0.2) is 0 Å². The van der Waals surface area contributed by atoms with Crippen molar-refractivity contribution in [3.8, 4) is 10.7 Å². The molecule has 1 fully saturated rings. The van der Waals surface area contributed by atoms with E-state index in [2.05, 4.69) is 15.0 Å². The Morgan fingerprint density at radius 2 is 2.03 bits per heavy atom. The predicted molar refractivity (Wildman–Crippen MR) is 109 cm³/mol. The lowest BCUT2D eigenvalue weighted by atomic mass is 10.1. The van der Waals surface area contributed by atoms with E-state index in [1.165, 1.54) is 12.1 Å². The van der Waals surface area contributed by atoms with Gasteiger partial charge in [0.1, 0.15) is 5.82 Å². The molecule has 1 aromatic carbocycles. The minimum absolute atomic E-state index is 0.0576. The zero-order valence-electron chi connectivity index (χ0n) is 16.1. The fraction of sp³-hybridized carbons (Fsp3) is 0.381. The van der Waals surface area contributed by atoms with Crippen molar-refractivity contribution in [1.82, 2.24) is 19.9 Å². The summed E-state index contributed by atoms with van der Waals surface area (Å²) in [5.74, 6) is 1.07. The molecule has 0 bridgehead atoms. The SMILES string of the molecule is O=C(Cc1cccc(F)c1)N1CCN(CCCc2nc(-c3cccs3)no2)CC1. The number of carbonyl (C=O) groups excluding carboxylic acids is 1. The van der Waals surface area contributed by atoms with Gasteiger partial charge in [-0.2, -0.15) is 4.98 Å². The molecule has 0 saturated carbocycles. The lowest BCUT2D eigenvalue weighted by Crippen LogP contribution is -2.49. The minimum atomic E-state index is -0.302. The first kappa shape index (κ1) is 19.7. The number of amides is 1. The van der Waals surface area contributed by atoms with E-state index in [9.17, 15) is 9.18 Å². The van der Waals surface area contributed by atoms with Crippen molar-refractivity contribution in [2.24, 2.45) is 0 Å². The standard InChI is InChI=1S/C21H23FN4O2S/c22-17-5-1-4-16(14-17)15-20(27)26-11-9-25(10-12-26)8-2-7-19-23-21(24-28-19)18-6-3-13-29-18/h1,3-6,13-14H,2,7-12,15H2. The number of carbonyl (C=O) groups is 1. The average Bonchev–Trinajstić information content (AvgIpc) is 3.40. The fourth-order valence-corrected chi connectivity index (χ4v) is 4.12. The number of hydrogen-bond donors (Lipinski definition) is 0. The number of piperazine rings is 1. The first-order valence-electron chi connectivity index (χ1n) is 9.78. The molecule has 2 aromatic heterocycles. The molecule has 3 heterocycles. The number of thiophene rings is 1. The van der Waals surface area contributed by atoms with E-state index in [4.69, 9.17) is 4.52 Å². The second-order valence-electron chi connectivity index (χ2n) is 7.12. The Hall–Kier alpha value is -2.58. The van der Waals surface area contributed by atoms with Crippen LogP contribution in [0.1, 0.15) is 17.9 Å². The zero-order chi connectivity index (χ0) is 20.1. The summed E-state index contributed by atoms with van der Waals surface area (Å²) in [6.07, 6.45) is 1.93. The van der Waals surface area contributed by atoms with Crippen molar-refractivity contribution in [3.05, 3.63) is 59.0 Å². The van der Waals surface area contributed by atoms with Crippen molar-refractivity contribution in [3.63, 3.8) is 0 Å². The highest BCUT2D eigenvalue weighted by Gasteiger charge is 2.21. The van der Waals surface area contributed by atoms with Crippen LogP contribution in [-0.4, -0.2) is 58.6 Å². The van der Waals surface area contributed by atoms with Gasteiger partial charge in [-0.3, -0.25) is 9.69 Å². The van der Waals surface area contributed by atoms with Gasteiger partial charge in [-0.1, -0.05) is 23.4 Å². The Morgan fingerprint density at radius 3 is 2.79 bits per heavy atom. The first-order valence-corrected chi connectivity index (χ1v) is 10.7. The summed E-state index contributed by atoms with van der Waals surface area (Å²) < 4.78 is 18.6. The molecule has 1 aliphatic heterocycles. The summed E-state index contributed by atoms with van der Waals surface area (Å²) in [4.78, 5) is 22.1. The fourth-order valence-electron chi connectivity index (χ4n) is 3.47. The number of hydrogen-bond acceptors (Lipinski definition) is 6. The van der Waals surface area contributed by atoms with Gasteiger partial charge < -0.3 is 9.42 Å². The van der Waals surface area contributed by atoms with E-state index in [0.717, 1.165) is 42.9 Å². The Kier molecular flexibility index (Phi) is 6.31. The van der Waals surface area contributed by atoms with Crippen LogP contribution in [0.3, 0.4) is 0 Å². The molecule has 1 aliphatic rings. The van der Waals surface area contributed by atoms with Crippen LogP contribution in [0.15, 0.2) is 46.3 Å². The van der Waals surface area contributed by atoms with E-state index < -0.39 is 0 Å². The van der Waals surface area contributed by atoms with E-state index in [-0.39, 0.29) is 18.1 Å². The Balaban J connectivity index is 1.18. The molecule has 0 spiro atoms. The summed E-state index contributed by atoms with van der Waals surface area (Å²) in [6.45, 7) is 4.04. The van der Waals surface area contributed by atoms with Crippen molar-refractivity contribution in [1.29, 1.82) is 0 Å². The third-order valence-electron chi connectivity index (χ3n) is 5.04. The third kappa shape index (κ3) is 5.27. The molecule has 152 valence electrons. The summed E-state index contributed by atoms with van der Waals surface area (Å²) in [5, 5.41) is 6.03. The minimum Gasteiger partial charge on any atom is -0.340 e. The maximum atomic E-state index is 13.3. The normalized spacial score (nSPS) is 15.0. The molecule has 29 heavy (non-hydrogen) atoms. The van der Waals surface area contributed by atoms with Gasteiger partial charge >= 0.3 is 0 Å². The maximum Gasteiger partial charge on any atom is 0.227 e. The van der Waals surface area contributed by atoms with Crippen LogP contribution in [0, 0.1) is 5.82 Å². The lowest BCUT2D eigenvalue weighted by molar-refractivity contribution is -0.132. The van der Waals surface area contributed by atoms with Crippen molar-refractivity contribution in [2.75, 3.05) is 32.7 Å². The smallest absolute Gasteiger partial charge is 0.227 e. The summed E-state index contributed by atoms with van der Waals surface area (Å²) in [6, 6.07) is 10.2. The summed E-state index contributed by atoms with van der Waals surface area (Å²) >= 11 is 1.60. The quantitative estimate of drug-likeness (QED) is 0.594. The largest absolute Gasteiger partial charge is 0.340 e. The van der Waals surface area contributed by atoms with E-state index in [1.807, 2.05) is 22.4 Å². The maximum absolute atomic E-state index is 13.3. The van der Waals surface area contributed by atoms with Gasteiger partial charge in [-0.05, 0) is 42.1 Å². The summed E-state index contributed by atoms with van der Waals surface area (Å²) in [7, 11) is 0.